The van der Waals surface area contributed by atoms with Crippen LogP contribution in [0.4, 0.5) is 0 Å². The highest BCUT2D eigenvalue weighted by atomic mass is 35.5. The van der Waals surface area contributed by atoms with Gasteiger partial charge in [-0.2, -0.15) is 12.6 Å². The largest absolute Gasteiger partial charge is 0.258 e. The lowest BCUT2D eigenvalue weighted by Crippen LogP contribution is -2.06. The van der Waals surface area contributed by atoms with E-state index in [1.165, 1.54) is 11.9 Å². The van der Waals surface area contributed by atoms with Crippen LogP contribution in [0.5, 0.6) is 0 Å². The Morgan fingerprint density at radius 2 is 2.33 bits per heavy atom. The van der Waals surface area contributed by atoms with Gasteiger partial charge in [-0.25, -0.2) is 4.98 Å². The third kappa shape index (κ3) is 4.87. The van der Waals surface area contributed by atoms with Crippen molar-refractivity contribution in [3.63, 3.8) is 0 Å². The molecule has 0 unspecified atom stereocenters. The van der Waals surface area contributed by atoms with Gasteiger partial charge in [0.2, 0.25) is 0 Å². The smallest absolute Gasteiger partial charge is 0.111 e. The van der Waals surface area contributed by atoms with Crippen molar-refractivity contribution >= 4 is 37.0 Å². The Morgan fingerprint density at radius 3 is 2.92 bits per heavy atom. The Kier molecular flexibility index (Phi) is 7.80. The molecule has 68 valence electrons. The van der Waals surface area contributed by atoms with Crippen molar-refractivity contribution in [2.45, 2.75) is 5.03 Å². The molecule has 0 fully saturated rings. The minimum atomic E-state index is 0. The first kappa shape index (κ1) is 12.1. The van der Waals surface area contributed by atoms with Gasteiger partial charge in [0.05, 0.1) is 0 Å². The number of rotatable bonds is 4. The van der Waals surface area contributed by atoms with Crippen molar-refractivity contribution in [2.75, 3.05) is 12.3 Å². The lowest BCUT2D eigenvalue weighted by Gasteiger charge is -1.98. The number of halogens is 1. The summed E-state index contributed by atoms with van der Waals surface area (Å²) < 4.78 is 3.13. The first-order chi connectivity index (χ1) is 5.43. The average Bonchev–Trinajstić information content (AvgIpc) is 2.07. The summed E-state index contributed by atoms with van der Waals surface area (Å²) in [5.41, 5.74) is 0. The zero-order valence-corrected chi connectivity index (χ0v) is 8.96. The van der Waals surface area contributed by atoms with E-state index in [1.54, 1.807) is 6.20 Å². The van der Waals surface area contributed by atoms with Crippen LogP contribution < -0.4 is 4.72 Å². The van der Waals surface area contributed by atoms with E-state index in [2.05, 4.69) is 22.3 Å². The molecule has 1 N–H and O–H groups in total. The van der Waals surface area contributed by atoms with E-state index in [0.717, 1.165) is 17.3 Å². The number of hydrogen-bond donors (Lipinski definition) is 2. The molecule has 0 saturated carbocycles. The van der Waals surface area contributed by atoms with Crippen LogP contribution in [0, 0.1) is 0 Å². The zero-order valence-electron chi connectivity index (χ0n) is 6.43. The van der Waals surface area contributed by atoms with E-state index in [4.69, 9.17) is 0 Å². The molecule has 1 aromatic heterocycles. The second-order valence-electron chi connectivity index (χ2n) is 1.89. The van der Waals surface area contributed by atoms with Gasteiger partial charge in [0.25, 0.3) is 0 Å². The minimum absolute atomic E-state index is 0. The number of nitrogens with one attached hydrogen (secondary N) is 1. The van der Waals surface area contributed by atoms with Crippen LogP contribution in [0.3, 0.4) is 0 Å². The lowest BCUT2D eigenvalue weighted by molar-refractivity contribution is 1.03. The lowest BCUT2D eigenvalue weighted by atomic mass is 10.5. The monoisotopic (exact) mass is 222 g/mol. The Labute approximate surface area is 88.5 Å². The molecule has 0 aliphatic heterocycles. The summed E-state index contributed by atoms with van der Waals surface area (Å²) in [4.78, 5) is 4.13. The van der Waals surface area contributed by atoms with Gasteiger partial charge in [0.1, 0.15) is 5.03 Å². The van der Waals surface area contributed by atoms with Crippen LogP contribution in [0.2, 0.25) is 0 Å². The first-order valence-corrected chi connectivity index (χ1v) is 4.80. The van der Waals surface area contributed by atoms with E-state index in [0.29, 0.717) is 0 Å². The molecular weight excluding hydrogens is 212 g/mol. The highest BCUT2D eigenvalue weighted by Gasteiger charge is 1.90. The molecule has 0 amide bonds. The maximum absolute atomic E-state index is 4.13. The molecule has 1 heterocycles. The van der Waals surface area contributed by atoms with Crippen LogP contribution in [0.15, 0.2) is 29.4 Å². The Hall–Kier alpha value is 0.1000. The summed E-state index contributed by atoms with van der Waals surface area (Å²) in [5.74, 6) is 0.847. The fraction of sp³-hybridized carbons (Fsp3) is 0.286. The van der Waals surface area contributed by atoms with Gasteiger partial charge in [-0.05, 0) is 24.1 Å². The highest BCUT2D eigenvalue weighted by Crippen LogP contribution is 2.08. The number of thiol groups is 1. The summed E-state index contributed by atoms with van der Waals surface area (Å²) in [6.45, 7) is 0.893. The van der Waals surface area contributed by atoms with E-state index >= 15 is 0 Å². The van der Waals surface area contributed by atoms with Crippen LogP contribution in [0.25, 0.3) is 0 Å². The number of aromatic nitrogens is 1. The predicted molar refractivity (Wildman–Crippen MR) is 59.2 cm³/mol. The second kappa shape index (κ2) is 7.73. The summed E-state index contributed by atoms with van der Waals surface area (Å²) in [7, 11) is 0. The van der Waals surface area contributed by atoms with E-state index < -0.39 is 0 Å². The van der Waals surface area contributed by atoms with Crippen LogP contribution in [-0.4, -0.2) is 17.3 Å². The molecule has 2 nitrogen and oxygen atoms in total. The Balaban J connectivity index is 0.00000121. The van der Waals surface area contributed by atoms with Gasteiger partial charge in [0, 0.05) is 18.5 Å². The topological polar surface area (TPSA) is 24.9 Å². The minimum Gasteiger partial charge on any atom is -0.258 e. The molecular formula is C7H11ClN2S2. The molecule has 1 aromatic rings. The van der Waals surface area contributed by atoms with Crippen molar-refractivity contribution in [2.24, 2.45) is 0 Å². The van der Waals surface area contributed by atoms with Crippen LogP contribution >= 0.6 is 37.0 Å². The molecule has 0 aliphatic rings. The number of hydrogen-bond acceptors (Lipinski definition) is 4. The molecule has 0 atom stereocenters. The normalized spacial score (nSPS) is 9.08. The Bertz CT molecular complexity index is 196. The van der Waals surface area contributed by atoms with Crippen molar-refractivity contribution in [1.82, 2.24) is 9.71 Å². The number of nitrogens with zero attached hydrogens (tertiary/aromatic N) is 1. The maximum atomic E-state index is 4.13. The molecule has 1 rings (SSSR count). The molecule has 5 heteroatoms. The van der Waals surface area contributed by atoms with Gasteiger partial charge >= 0.3 is 0 Å². The van der Waals surface area contributed by atoms with E-state index in [-0.39, 0.29) is 12.4 Å². The third-order valence-corrected chi connectivity index (χ3v) is 2.05. The van der Waals surface area contributed by atoms with E-state index in [1.807, 2.05) is 18.2 Å². The number of pyridine rings is 1. The van der Waals surface area contributed by atoms with E-state index in [9.17, 15) is 0 Å². The molecule has 0 aliphatic carbocycles. The molecule has 0 aromatic carbocycles. The first-order valence-electron chi connectivity index (χ1n) is 3.35. The molecule has 0 radical (unpaired) electrons. The van der Waals surface area contributed by atoms with Gasteiger partial charge in [-0.1, -0.05) is 6.07 Å². The third-order valence-electron chi connectivity index (χ3n) is 1.03. The molecule has 0 bridgehead atoms. The van der Waals surface area contributed by atoms with Crippen molar-refractivity contribution < 1.29 is 0 Å². The quantitative estimate of drug-likeness (QED) is 0.463. The van der Waals surface area contributed by atoms with Crippen LogP contribution in [-0.2, 0) is 0 Å². The summed E-state index contributed by atoms with van der Waals surface area (Å²) >= 11 is 5.61. The zero-order chi connectivity index (χ0) is 7.94. The summed E-state index contributed by atoms with van der Waals surface area (Å²) in [5, 5.41) is 0.995. The maximum Gasteiger partial charge on any atom is 0.111 e. The highest BCUT2D eigenvalue weighted by molar-refractivity contribution is 7.97. The summed E-state index contributed by atoms with van der Waals surface area (Å²) in [6, 6.07) is 5.84. The SMILES string of the molecule is Cl.SCCNSc1ccccn1. The van der Waals surface area contributed by atoms with Gasteiger partial charge in [-0.3, -0.25) is 4.72 Å². The van der Waals surface area contributed by atoms with Crippen molar-refractivity contribution in [3.05, 3.63) is 24.4 Å². The van der Waals surface area contributed by atoms with Crippen molar-refractivity contribution in [1.29, 1.82) is 0 Å². The van der Waals surface area contributed by atoms with Gasteiger partial charge in [0.15, 0.2) is 0 Å². The van der Waals surface area contributed by atoms with Crippen LogP contribution in [0.1, 0.15) is 0 Å². The fourth-order valence-electron chi connectivity index (χ4n) is 0.578. The molecule has 12 heavy (non-hydrogen) atoms. The average molecular weight is 223 g/mol. The Morgan fingerprint density at radius 1 is 1.50 bits per heavy atom. The molecule has 0 spiro atoms. The molecule has 0 saturated heterocycles. The van der Waals surface area contributed by atoms with Crippen molar-refractivity contribution in [3.8, 4) is 0 Å². The standard InChI is InChI=1S/C7H10N2S2.ClH/c10-6-5-9-11-7-3-1-2-4-8-7;/h1-4,9-10H,5-6H2;1H. The summed E-state index contributed by atoms with van der Waals surface area (Å²) in [6.07, 6.45) is 1.78. The van der Waals surface area contributed by atoms with Gasteiger partial charge < -0.3 is 0 Å². The predicted octanol–water partition coefficient (Wildman–Crippen LogP) is 2.03. The van der Waals surface area contributed by atoms with Gasteiger partial charge in [-0.15, -0.1) is 12.4 Å². The fourth-order valence-corrected chi connectivity index (χ4v) is 1.45. The second-order valence-corrected chi connectivity index (χ2v) is 3.25.